The summed E-state index contributed by atoms with van der Waals surface area (Å²) in [5.41, 5.74) is 3.68. The first-order valence-corrected chi connectivity index (χ1v) is 8.70. The highest BCUT2D eigenvalue weighted by Crippen LogP contribution is 2.18. The highest BCUT2D eigenvalue weighted by Gasteiger charge is 2.12. The molecule has 0 spiro atoms. The molecule has 0 saturated heterocycles. The Morgan fingerprint density at radius 2 is 2.00 bits per heavy atom. The molecule has 120 valence electrons. The Labute approximate surface area is 142 Å². The fourth-order valence-corrected chi connectivity index (χ4v) is 3.19. The van der Waals surface area contributed by atoms with Gasteiger partial charge >= 0.3 is 0 Å². The minimum atomic E-state index is -0.116. The number of pyridine rings is 1. The third-order valence-electron chi connectivity index (χ3n) is 4.01. The van der Waals surface area contributed by atoms with Crippen LogP contribution >= 0.6 is 11.8 Å². The van der Waals surface area contributed by atoms with Crippen LogP contribution in [0.25, 0.3) is 22.4 Å². The van der Waals surface area contributed by atoms with Crippen LogP contribution in [0.4, 0.5) is 0 Å². The average molecular weight is 337 g/mol. The number of thioether (sulfide) groups is 1. The topological polar surface area (TPSA) is 65.1 Å². The normalized spacial score (nSPS) is 11.5. The minimum Gasteiger partial charge on any atom is -0.283 e. The van der Waals surface area contributed by atoms with Gasteiger partial charge in [-0.1, -0.05) is 29.5 Å². The number of nitrogens with zero attached hydrogens (tertiary/aromatic N) is 5. The molecule has 0 radical (unpaired) electrons. The van der Waals surface area contributed by atoms with Gasteiger partial charge in [0.25, 0.3) is 11.3 Å². The highest BCUT2D eigenvalue weighted by molar-refractivity contribution is 7.98. The van der Waals surface area contributed by atoms with Crippen molar-refractivity contribution in [2.24, 2.45) is 0 Å². The molecule has 0 saturated carbocycles. The lowest BCUT2D eigenvalue weighted by molar-refractivity contribution is 0.903. The van der Waals surface area contributed by atoms with E-state index in [-0.39, 0.29) is 5.56 Å². The molecule has 7 heteroatoms. The molecule has 3 heterocycles. The maximum atomic E-state index is 12.9. The summed E-state index contributed by atoms with van der Waals surface area (Å²) in [5.74, 6) is 0.496. The van der Waals surface area contributed by atoms with Gasteiger partial charge in [-0.25, -0.2) is 4.98 Å². The van der Waals surface area contributed by atoms with E-state index in [1.807, 2.05) is 38.3 Å². The van der Waals surface area contributed by atoms with Crippen molar-refractivity contribution in [1.82, 2.24) is 24.1 Å². The molecule has 0 amide bonds. The molecule has 4 rings (SSSR count). The lowest BCUT2D eigenvalue weighted by atomic mass is 10.1. The van der Waals surface area contributed by atoms with E-state index in [1.165, 1.54) is 17.3 Å². The quantitative estimate of drug-likeness (QED) is 0.526. The van der Waals surface area contributed by atoms with Gasteiger partial charge in [-0.05, 0) is 37.8 Å². The van der Waals surface area contributed by atoms with E-state index in [2.05, 4.69) is 21.1 Å². The Bertz CT molecular complexity index is 1150. The predicted molar refractivity (Wildman–Crippen MR) is 95.1 cm³/mol. The summed E-state index contributed by atoms with van der Waals surface area (Å²) < 4.78 is 3.27. The molecular weight excluding hydrogens is 322 g/mol. The van der Waals surface area contributed by atoms with E-state index in [4.69, 9.17) is 0 Å². The van der Waals surface area contributed by atoms with Gasteiger partial charge in [0.15, 0.2) is 0 Å². The molecular formula is C17H15N5OS. The summed E-state index contributed by atoms with van der Waals surface area (Å²) in [6.07, 6.45) is 5.26. The zero-order chi connectivity index (χ0) is 16.8. The standard InChI is InChI=1S/C17H15N5OS/c1-10-4-5-13(11(2)8-10)21-7-6-14-12(15(21)23)9-18-16-19-17(24-3)20-22(14)16/h4-9H,1-3H3. The van der Waals surface area contributed by atoms with Gasteiger partial charge in [0.2, 0.25) is 5.16 Å². The fraction of sp³-hybridized carbons (Fsp3) is 0.176. The molecule has 0 aliphatic heterocycles. The van der Waals surface area contributed by atoms with Crippen molar-refractivity contribution < 1.29 is 0 Å². The van der Waals surface area contributed by atoms with Gasteiger partial charge in [0, 0.05) is 12.4 Å². The SMILES string of the molecule is CSc1nc2ncc3c(=O)n(-c4ccc(C)cc4C)ccc3n2n1. The fourth-order valence-electron chi connectivity index (χ4n) is 2.85. The molecule has 0 aliphatic rings. The largest absolute Gasteiger partial charge is 0.283 e. The molecule has 0 atom stereocenters. The molecule has 0 fully saturated rings. The number of benzene rings is 1. The van der Waals surface area contributed by atoms with Crippen molar-refractivity contribution in [3.8, 4) is 5.69 Å². The summed E-state index contributed by atoms with van der Waals surface area (Å²) in [6, 6.07) is 7.91. The Balaban J connectivity index is 2.01. The Hall–Kier alpha value is -2.67. The van der Waals surface area contributed by atoms with Crippen LogP contribution in [0.3, 0.4) is 0 Å². The van der Waals surface area contributed by atoms with Crippen LogP contribution in [-0.2, 0) is 0 Å². The van der Waals surface area contributed by atoms with Crippen LogP contribution in [0.2, 0.25) is 0 Å². The van der Waals surface area contributed by atoms with Crippen molar-refractivity contribution in [2.45, 2.75) is 19.0 Å². The summed E-state index contributed by atoms with van der Waals surface area (Å²) in [6.45, 7) is 4.04. The van der Waals surface area contributed by atoms with Crippen LogP contribution in [0.1, 0.15) is 11.1 Å². The number of hydrogen-bond donors (Lipinski definition) is 0. The third-order valence-corrected chi connectivity index (χ3v) is 4.55. The lowest BCUT2D eigenvalue weighted by Gasteiger charge is -2.11. The van der Waals surface area contributed by atoms with E-state index < -0.39 is 0 Å². The Morgan fingerprint density at radius 3 is 2.75 bits per heavy atom. The molecule has 4 aromatic rings. The van der Waals surface area contributed by atoms with Crippen molar-refractivity contribution in [1.29, 1.82) is 0 Å². The zero-order valence-electron chi connectivity index (χ0n) is 13.5. The van der Waals surface area contributed by atoms with Crippen LogP contribution in [0, 0.1) is 13.8 Å². The number of hydrogen-bond acceptors (Lipinski definition) is 5. The van der Waals surface area contributed by atoms with Crippen molar-refractivity contribution >= 4 is 28.4 Å². The van der Waals surface area contributed by atoms with Crippen LogP contribution in [0.5, 0.6) is 0 Å². The van der Waals surface area contributed by atoms with Crippen LogP contribution in [0.15, 0.2) is 46.6 Å². The third kappa shape index (κ3) is 2.20. The predicted octanol–water partition coefficient (Wildman–Crippen LogP) is 2.77. The van der Waals surface area contributed by atoms with Gasteiger partial charge in [0.1, 0.15) is 0 Å². The van der Waals surface area contributed by atoms with Crippen molar-refractivity contribution in [3.63, 3.8) is 0 Å². The van der Waals surface area contributed by atoms with Gasteiger partial charge in [-0.2, -0.15) is 9.50 Å². The number of rotatable bonds is 2. The lowest BCUT2D eigenvalue weighted by Crippen LogP contribution is -2.19. The molecule has 0 bridgehead atoms. The summed E-state index contributed by atoms with van der Waals surface area (Å²) in [5, 5.41) is 5.54. The summed E-state index contributed by atoms with van der Waals surface area (Å²) in [7, 11) is 0. The second-order valence-electron chi connectivity index (χ2n) is 5.65. The molecule has 0 aliphatic carbocycles. The first-order valence-electron chi connectivity index (χ1n) is 7.47. The van der Waals surface area contributed by atoms with E-state index in [0.29, 0.717) is 21.8 Å². The van der Waals surface area contributed by atoms with E-state index in [9.17, 15) is 4.79 Å². The van der Waals surface area contributed by atoms with E-state index in [1.54, 1.807) is 21.5 Å². The van der Waals surface area contributed by atoms with Crippen LogP contribution < -0.4 is 5.56 Å². The smallest absolute Gasteiger partial charge is 0.266 e. The summed E-state index contributed by atoms with van der Waals surface area (Å²) in [4.78, 5) is 21.5. The first-order chi connectivity index (χ1) is 11.6. The monoisotopic (exact) mass is 337 g/mol. The van der Waals surface area contributed by atoms with E-state index in [0.717, 1.165) is 11.3 Å². The number of aromatic nitrogens is 5. The number of fused-ring (bicyclic) bond motifs is 3. The average Bonchev–Trinajstić information content (AvgIpc) is 2.99. The number of aryl methyl sites for hydroxylation is 2. The second kappa shape index (κ2) is 5.45. The van der Waals surface area contributed by atoms with Gasteiger partial charge < -0.3 is 0 Å². The maximum Gasteiger partial charge on any atom is 0.266 e. The molecule has 1 aromatic carbocycles. The maximum absolute atomic E-state index is 12.9. The first kappa shape index (κ1) is 14.9. The minimum absolute atomic E-state index is 0.116. The van der Waals surface area contributed by atoms with Crippen LogP contribution in [-0.4, -0.2) is 30.4 Å². The molecule has 0 N–H and O–H groups in total. The zero-order valence-corrected chi connectivity index (χ0v) is 14.3. The Morgan fingerprint density at radius 1 is 1.17 bits per heavy atom. The van der Waals surface area contributed by atoms with Crippen molar-refractivity contribution in [2.75, 3.05) is 6.26 Å². The van der Waals surface area contributed by atoms with E-state index >= 15 is 0 Å². The second-order valence-corrected chi connectivity index (χ2v) is 6.42. The van der Waals surface area contributed by atoms with Gasteiger partial charge in [-0.15, -0.1) is 5.10 Å². The highest BCUT2D eigenvalue weighted by atomic mass is 32.2. The van der Waals surface area contributed by atoms with Gasteiger partial charge in [-0.3, -0.25) is 9.36 Å². The molecule has 0 unspecified atom stereocenters. The van der Waals surface area contributed by atoms with Gasteiger partial charge in [0.05, 0.1) is 16.6 Å². The molecule has 24 heavy (non-hydrogen) atoms. The Kier molecular flexibility index (Phi) is 3.38. The molecule has 3 aromatic heterocycles. The van der Waals surface area contributed by atoms with Crippen molar-refractivity contribution in [3.05, 3.63) is 58.1 Å². The molecule has 6 nitrogen and oxygen atoms in total. The summed E-state index contributed by atoms with van der Waals surface area (Å²) >= 11 is 1.44.